The van der Waals surface area contributed by atoms with Crippen molar-refractivity contribution in [2.45, 2.75) is 25.2 Å². The van der Waals surface area contributed by atoms with E-state index in [0.29, 0.717) is 17.2 Å². The van der Waals surface area contributed by atoms with E-state index in [1.807, 2.05) is 0 Å². The molecule has 104 valence electrons. The van der Waals surface area contributed by atoms with E-state index in [1.165, 1.54) is 26.4 Å². The van der Waals surface area contributed by atoms with Crippen LogP contribution >= 0.6 is 0 Å². The maximum Gasteiger partial charge on any atom is 0.303 e. The molecule has 0 spiro atoms. The molecule has 0 aliphatic heterocycles. The minimum atomic E-state index is -0.879. The molecule has 1 aliphatic rings. The van der Waals surface area contributed by atoms with Gasteiger partial charge in [-0.25, -0.2) is 4.39 Å². The Bertz CT molecular complexity index is 483. The van der Waals surface area contributed by atoms with E-state index < -0.39 is 11.8 Å². The number of hydrogen-bond donors (Lipinski definition) is 1. The SMILES string of the molecule is COc1cc(OC)c(C(CC(=O)O)C2CC2)cc1F. The molecule has 19 heavy (non-hydrogen) atoms. The Morgan fingerprint density at radius 2 is 2.00 bits per heavy atom. The van der Waals surface area contributed by atoms with Gasteiger partial charge in [-0.2, -0.15) is 0 Å². The van der Waals surface area contributed by atoms with Crippen molar-refractivity contribution in [2.75, 3.05) is 14.2 Å². The van der Waals surface area contributed by atoms with Gasteiger partial charge in [0.2, 0.25) is 0 Å². The standard InChI is InChI=1S/C14H17FO4/c1-18-12-7-13(19-2)11(15)5-10(12)9(6-14(16)17)8-3-4-8/h5,7-9H,3-4,6H2,1-2H3,(H,16,17). The first kappa shape index (κ1) is 13.6. The molecule has 1 fully saturated rings. The highest BCUT2D eigenvalue weighted by atomic mass is 19.1. The van der Waals surface area contributed by atoms with Crippen LogP contribution in [-0.2, 0) is 4.79 Å². The van der Waals surface area contributed by atoms with Crippen LogP contribution in [-0.4, -0.2) is 25.3 Å². The first-order valence-electron chi connectivity index (χ1n) is 6.20. The lowest BCUT2D eigenvalue weighted by molar-refractivity contribution is -0.137. The van der Waals surface area contributed by atoms with E-state index in [4.69, 9.17) is 14.6 Å². The van der Waals surface area contributed by atoms with E-state index in [9.17, 15) is 9.18 Å². The lowest BCUT2D eigenvalue weighted by Crippen LogP contribution is -2.10. The number of carboxylic acids is 1. The average molecular weight is 268 g/mol. The summed E-state index contributed by atoms with van der Waals surface area (Å²) in [6, 6.07) is 2.81. The van der Waals surface area contributed by atoms with Crippen molar-refractivity contribution in [3.05, 3.63) is 23.5 Å². The zero-order valence-electron chi connectivity index (χ0n) is 11.0. The molecule has 0 radical (unpaired) electrons. The number of rotatable bonds is 6. The molecule has 1 aliphatic carbocycles. The third kappa shape index (κ3) is 2.97. The van der Waals surface area contributed by atoms with Crippen molar-refractivity contribution < 1.29 is 23.8 Å². The molecule has 1 atom stereocenters. The fourth-order valence-corrected chi connectivity index (χ4v) is 2.39. The van der Waals surface area contributed by atoms with E-state index in [-0.39, 0.29) is 18.1 Å². The van der Waals surface area contributed by atoms with Gasteiger partial charge in [0.05, 0.1) is 20.6 Å². The highest BCUT2D eigenvalue weighted by molar-refractivity contribution is 5.68. The summed E-state index contributed by atoms with van der Waals surface area (Å²) in [4.78, 5) is 11.0. The highest BCUT2D eigenvalue weighted by Gasteiger charge is 2.36. The highest BCUT2D eigenvalue weighted by Crippen LogP contribution is 2.47. The molecule has 2 rings (SSSR count). The Labute approximate surface area is 111 Å². The number of benzene rings is 1. The summed E-state index contributed by atoms with van der Waals surface area (Å²) in [7, 11) is 2.87. The summed E-state index contributed by atoms with van der Waals surface area (Å²) in [5.74, 6) is -0.683. The lowest BCUT2D eigenvalue weighted by atomic mass is 9.90. The van der Waals surface area contributed by atoms with Crippen LogP contribution in [0.5, 0.6) is 11.5 Å². The van der Waals surface area contributed by atoms with Crippen molar-refractivity contribution in [3.8, 4) is 11.5 Å². The molecular formula is C14H17FO4. The molecule has 1 aromatic rings. The summed E-state index contributed by atoms with van der Waals surface area (Å²) in [5, 5.41) is 9.00. The summed E-state index contributed by atoms with van der Waals surface area (Å²) in [6.45, 7) is 0. The fourth-order valence-electron chi connectivity index (χ4n) is 2.39. The van der Waals surface area contributed by atoms with Gasteiger partial charge in [-0.3, -0.25) is 4.79 Å². The smallest absolute Gasteiger partial charge is 0.303 e. The van der Waals surface area contributed by atoms with Gasteiger partial charge in [0, 0.05) is 17.5 Å². The molecule has 1 N–H and O–H groups in total. The van der Waals surface area contributed by atoms with Gasteiger partial charge in [-0.1, -0.05) is 0 Å². The summed E-state index contributed by atoms with van der Waals surface area (Å²) < 4.78 is 24.0. The van der Waals surface area contributed by atoms with Crippen molar-refractivity contribution in [2.24, 2.45) is 5.92 Å². The molecule has 0 aromatic heterocycles. The Hall–Kier alpha value is -1.78. The van der Waals surface area contributed by atoms with Crippen molar-refractivity contribution in [1.29, 1.82) is 0 Å². The summed E-state index contributed by atoms with van der Waals surface area (Å²) >= 11 is 0. The van der Waals surface area contributed by atoms with Crippen LogP contribution in [0.25, 0.3) is 0 Å². The van der Waals surface area contributed by atoms with Gasteiger partial charge in [-0.15, -0.1) is 0 Å². The Morgan fingerprint density at radius 3 is 2.47 bits per heavy atom. The third-order valence-electron chi connectivity index (χ3n) is 3.49. The van der Waals surface area contributed by atoms with Gasteiger partial charge in [0.15, 0.2) is 11.6 Å². The van der Waals surface area contributed by atoms with Crippen LogP contribution in [0, 0.1) is 11.7 Å². The molecule has 5 heteroatoms. The largest absolute Gasteiger partial charge is 0.496 e. The Balaban J connectivity index is 2.40. The van der Waals surface area contributed by atoms with Crippen LogP contribution in [0.1, 0.15) is 30.7 Å². The minimum Gasteiger partial charge on any atom is -0.496 e. The second-order valence-electron chi connectivity index (χ2n) is 4.77. The first-order valence-corrected chi connectivity index (χ1v) is 6.20. The van der Waals surface area contributed by atoms with Gasteiger partial charge in [-0.05, 0) is 24.8 Å². The zero-order valence-corrected chi connectivity index (χ0v) is 11.0. The lowest BCUT2D eigenvalue weighted by Gasteiger charge is -2.19. The number of carbonyl (C=O) groups is 1. The second-order valence-corrected chi connectivity index (χ2v) is 4.77. The predicted octanol–water partition coefficient (Wildman–Crippen LogP) is 2.81. The van der Waals surface area contributed by atoms with Crippen LogP contribution < -0.4 is 9.47 Å². The second kappa shape index (κ2) is 5.47. The number of hydrogen-bond acceptors (Lipinski definition) is 3. The van der Waals surface area contributed by atoms with E-state index >= 15 is 0 Å². The number of methoxy groups -OCH3 is 2. The zero-order chi connectivity index (χ0) is 14.0. The third-order valence-corrected chi connectivity index (χ3v) is 3.49. The molecule has 0 amide bonds. The minimum absolute atomic E-state index is 0.00715. The fraction of sp³-hybridized carbons (Fsp3) is 0.500. The van der Waals surface area contributed by atoms with Crippen molar-refractivity contribution in [1.82, 2.24) is 0 Å². The van der Waals surface area contributed by atoms with Crippen LogP contribution in [0.3, 0.4) is 0 Å². The maximum atomic E-state index is 13.8. The quantitative estimate of drug-likeness (QED) is 0.862. The maximum absolute atomic E-state index is 13.8. The number of carboxylic acid groups (broad SMARTS) is 1. The van der Waals surface area contributed by atoms with Gasteiger partial charge in [0.1, 0.15) is 5.75 Å². The van der Waals surface area contributed by atoms with Crippen LogP contribution in [0.15, 0.2) is 12.1 Å². The molecule has 4 nitrogen and oxygen atoms in total. The summed E-state index contributed by atoms with van der Waals surface area (Å²) in [6.07, 6.45) is 1.95. The topological polar surface area (TPSA) is 55.8 Å². The molecule has 1 aromatic carbocycles. The van der Waals surface area contributed by atoms with Gasteiger partial charge < -0.3 is 14.6 Å². The van der Waals surface area contributed by atoms with E-state index in [1.54, 1.807) is 0 Å². The predicted molar refractivity (Wildman–Crippen MR) is 67.2 cm³/mol. The number of aliphatic carboxylic acids is 1. The Kier molecular flexibility index (Phi) is 3.93. The summed E-state index contributed by atoms with van der Waals surface area (Å²) in [5.41, 5.74) is 0.616. The molecule has 1 saturated carbocycles. The molecule has 0 saturated heterocycles. The van der Waals surface area contributed by atoms with Crippen molar-refractivity contribution in [3.63, 3.8) is 0 Å². The van der Waals surface area contributed by atoms with Crippen LogP contribution in [0.2, 0.25) is 0 Å². The van der Waals surface area contributed by atoms with Crippen molar-refractivity contribution >= 4 is 5.97 Å². The average Bonchev–Trinajstić information content (AvgIpc) is 3.19. The number of ether oxygens (including phenoxy) is 2. The molecular weight excluding hydrogens is 251 g/mol. The van der Waals surface area contributed by atoms with E-state index in [2.05, 4.69) is 0 Å². The Morgan fingerprint density at radius 1 is 1.37 bits per heavy atom. The molecule has 1 unspecified atom stereocenters. The van der Waals surface area contributed by atoms with E-state index in [0.717, 1.165) is 12.8 Å². The first-order chi connectivity index (χ1) is 9.06. The number of halogens is 1. The normalized spacial score (nSPS) is 15.9. The molecule has 0 bridgehead atoms. The van der Waals surface area contributed by atoms with Gasteiger partial charge >= 0.3 is 5.97 Å². The molecule has 0 heterocycles. The van der Waals surface area contributed by atoms with Gasteiger partial charge in [0.25, 0.3) is 0 Å². The monoisotopic (exact) mass is 268 g/mol. The van der Waals surface area contributed by atoms with Crippen LogP contribution in [0.4, 0.5) is 4.39 Å².